The van der Waals surface area contributed by atoms with Crippen molar-refractivity contribution in [1.29, 1.82) is 0 Å². The molecule has 1 N–H and O–H groups in total. The zero-order valence-electron chi connectivity index (χ0n) is 12.3. The van der Waals surface area contributed by atoms with E-state index in [0.29, 0.717) is 5.95 Å². The van der Waals surface area contributed by atoms with Gasteiger partial charge in [0.2, 0.25) is 5.95 Å². The molecule has 0 spiro atoms. The minimum Gasteiger partial charge on any atom is -0.357 e. The van der Waals surface area contributed by atoms with Crippen molar-refractivity contribution < 1.29 is 0 Å². The zero-order chi connectivity index (χ0) is 14.8. The molecule has 0 saturated carbocycles. The van der Waals surface area contributed by atoms with E-state index in [1.807, 2.05) is 7.05 Å². The number of rotatable bonds is 4. The normalized spacial score (nSPS) is 11.0. The highest BCUT2D eigenvalue weighted by Gasteiger charge is 2.09. The van der Waals surface area contributed by atoms with Gasteiger partial charge in [-0.2, -0.15) is 0 Å². The van der Waals surface area contributed by atoms with Crippen molar-refractivity contribution in [2.45, 2.75) is 24.6 Å². The van der Waals surface area contributed by atoms with Gasteiger partial charge < -0.3 is 5.32 Å². The number of thiophene rings is 1. The van der Waals surface area contributed by atoms with Crippen molar-refractivity contribution in [3.05, 3.63) is 46.3 Å². The molecule has 0 unspecified atom stereocenters. The Bertz CT molecular complexity index is 760. The number of anilines is 1. The third-order valence-electron chi connectivity index (χ3n) is 3.17. The molecule has 0 aliphatic heterocycles. The highest BCUT2D eigenvalue weighted by molar-refractivity contribution is 7.98. The second-order valence-corrected chi connectivity index (χ2v) is 6.89. The van der Waals surface area contributed by atoms with Gasteiger partial charge in [0.05, 0.1) is 0 Å². The number of fused-ring (bicyclic) bond motifs is 1. The van der Waals surface area contributed by atoms with Crippen molar-refractivity contribution in [2.75, 3.05) is 12.4 Å². The zero-order valence-corrected chi connectivity index (χ0v) is 13.9. The SMILES string of the molecule is CNc1nc(SCc2cc(C)cc(C)c2)c2ccsc2n1. The predicted molar refractivity (Wildman–Crippen MR) is 92.4 cm³/mol. The molecule has 108 valence electrons. The van der Waals surface area contributed by atoms with Crippen molar-refractivity contribution >= 4 is 39.3 Å². The van der Waals surface area contributed by atoms with Crippen molar-refractivity contribution in [1.82, 2.24) is 9.97 Å². The van der Waals surface area contributed by atoms with Gasteiger partial charge in [0.15, 0.2) is 0 Å². The Morgan fingerprint density at radius 2 is 1.90 bits per heavy atom. The van der Waals surface area contributed by atoms with Gasteiger partial charge in [-0.1, -0.05) is 29.3 Å². The van der Waals surface area contributed by atoms with Crippen LogP contribution in [0.25, 0.3) is 10.2 Å². The monoisotopic (exact) mass is 315 g/mol. The number of benzene rings is 1. The quantitative estimate of drug-likeness (QED) is 0.562. The lowest BCUT2D eigenvalue weighted by atomic mass is 10.1. The lowest BCUT2D eigenvalue weighted by Crippen LogP contribution is -1.97. The minimum absolute atomic E-state index is 0.688. The maximum atomic E-state index is 4.60. The lowest BCUT2D eigenvalue weighted by Gasteiger charge is -2.07. The first kappa shape index (κ1) is 14.4. The second kappa shape index (κ2) is 6.03. The molecule has 0 bridgehead atoms. The van der Waals surface area contributed by atoms with Crippen LogP contribution in [0.5, 0.6) is 0 Å². The summed E-state index contributed by atoms with van der Waals surface area (Å²) in [5, 5.41) is 7.30. The average Bonchev–Trinajstić information content (AvgIpc) is 2.91. The average molecular weight is 315 g/mol. The number of thioether (sulfide) groups is 1. The minimum atomic E-state index is 0.688. The predicted octanol–water partition coefficient (Wildman–Crippen LogP) is 4.64. The van der Waals surface area contributed by atoms with Crippen molar-refractivity contribution in [3.63, 3.8) is 0 Å². The summed E-state index contributed by atoms with van der Waals surface area (Å²) in [4.78, 5) is 10.1. The number of nitrogens with one attached hydrogen (secondary N) is 1. The van der Waals surface area contributed by atoms with Gasteiger partial charge in [-0.3, -0.25) is 0 Å². The van der Waals surface area contributed by atoms with Crippen LogP contribution >= 0.6 is 23.1 Å². The lowest BCUT2D eigenvalue weighted by molar-refractivity contribution is 1.10. The van der Waals surface area contributed by atoms with Gasteiger partial charge in [-0.25, -0.2) is 9.97 Å². The molecule has 0 aliphatic carbocycles. The fourth-order valence-corrected chi connectivity index (χ4v) is 4.12. The summed E-state index contributed by atoms with van der Waals surface area (Å²) >= 11 is 3.42. The number of hydrogen-bond donors (Lipinski definition) is 1. The second-order valence-electron chi connectivity index (χ2n) is 5.03. The number of hydrogen-bond acceptors (Lipinski definition) is 5. The molecule has 2 heterocycles. The van der Waals surface area contributed by atoms with Gasteiger partial charge >= 0.3 is 0 Å². The van der Waals surface area contributed by atoms with E-state index >= 15 is 0 Å². The molecule has 1 aromatic carbocycles. The van der Waals surface area contributed by atoms with Crippen LogP contribution in [0, 0.1) is 13.8 Å². The van der Waals surface area contributed by atoms with Crippen LogP contribution in [0.1, 0.15) is 16.7 Å². The van der Waals surface area contributed by atoms with Gasteiger partial charge in [0.1, 0.15) is 9.86 Å². The Hall–Kier alpha value is -1.59. The summed E-state index contributed by atoms with van der Waals surface area (Å²) in [5.41, 5.74) is 3.96. The molecule has 21 heavy (non-hydrogen) atoms. The largest absolute Gasteiger partial charge is 0.357 e. The smallest absolute Gasteiger partial charge is 0.224 e. The molecule has 3 nitrogen and oxygen atoms in total. The van der Waals surface area contributed by atoms with Crippen LogP contribution in [0.4, 0.5) is 5.95 Å². The van der Waals surface area contributed by atoms with E-state index in [9.17, 15) is 0 Å². The van der Waals surface area contributed by atoms with E-state index in [1.165, 1.54) is 16.7 Å². The maximum absolute atomic E-state index is 4.60. The summed E-state index contributed by atoms with van der Waals surface area (Å²) in [7, 11) is 1.85. The van der Waals surface area contributed by atoms with Crippen LogP contribution in [0.15, 0.2) is 34.7 Å². The molecule has 2 aromatic heterocycles. The van der Waals surface area contributed by atoms with Crippen LogP contribution < -0.4 is 5.32 Å². The third-order valence-corrected chi connectivity index (χ3v) is 5.04. The molecule has 3 rings (SSSR count). The maximum Gasteiger partial charge on any atom is 0.224 e. The first-order valence-electron chi connectivity index (χ1n) is 6.78. The molecule has 0 radical (unpaired) electrons. The first-order valence-corrected chi connectivity index (χ1v) is 8.65. The summed E-state index contributed by atoms with van der Waals surface area (Å²) in [6, 6.07) is 8.79. The number of aryl methyl sites for hydroxylation is 2. The summed E-state index contributed by atoms with van der Waals surface area (Å²) in [6.45, 7) is 4.28. The molecule has 0 atom stereocenters. The van der Waals surface area contributed by atoms with E-state index in [-0.39, 0.29) is 0 Å². The summed E-state index contributed by atoms with van der Waals surface area (Å²) in [5.74, 6) is 1.61. The third kappa shape index (κ3) is 3.19. The number of nitrogens with zero attached hydrogens (tertiary/aromatic N) is 2. The molecule has 5 heteroatoms. The Kier molecular flexibility index (Phi) is 4.12. The molecule has 0 fully saturated rings. The van der Waals surface area contributed by atoms with Crippen LogP contribution in [0.2, 0.25) is 0 Å². The van der Waals surface area contributed by atoms with E-state index < -0.39 is 0 Å². The molecule has 0 amide bonds. The molecule has 0 aliphatic rings. The fourth-order valence-electron chi connectivity index (χ4n) is 2.35. The molecule has 3 aromatic rings. The molecular weight excluding hydrogens is 298 g/mol. The Labute approximate surface area is 132 Å². The first-order chi connectivity index (χ1) is 10.2. The topological polar surface area (TPSA) is 37.8 Å². The summed E-state index contributed by atoms with van der Waals surface area (Å²) in [6.07, 6.45) is 0. The van der Waals surface area contributed by atoms with E-state index in [2.05, 4.69) is 58.8 Å². The van der Waals surface area contributed by atoms with Crippen LogP contribution in [-0.2, 0) is 5.75 Å². The van der Waals surface area contributed by atoms with E-state index in [0.717, 1.165) is 21.0 Å². The van der Waals surface area contributed by atoms with Crippen molar-refractivity contribution in [3.8, 4) is 0 Å². The van der Waals surface area contributed by atoms with Crippen LogP contribution in [0.3, 0.4) is 0 Å². The fraction of sp³-hybridized carbons (Fsp3) is 0.250. The molecular formula is C16H17N3S2. The Morgan fingerprint density at radius 1 is 1.14 bits per heavy atom. The van der Waals surface area contributed by atoms with E-state index in [1.54, 1.807) is 23.1 Å². The highest BCUT2D eigenvalue weighted by atomic mass is 32.2. The number of aromatic nitrogens is 2. The van der Waals surface area contributed by atoms with Gasteiger partial charge in [0.25, 0.3) is 0 Å². The van der Waals surface area contributed by atoms with Crippen LogP contribution in [-0.4, -0.2) is 17.0 Å². The van der Waals surface area contributed by atoms with E-state index in [4.69, 9.17) is 0 Å². The van der Waals surface area contributed by atoms with Gasteiger partial charge in [-0.15, -0.1) is 23.1 Å². The Balaban J connectivity index is 1.89. The highest BCUT2D eigenvalue weighted by Crippen LogP contribution is 2.31. The van der Waals surface area contributed by atoms with Gasteiger partial charge in [0, 0.05) is 18.2 Å². The van der Waals surface area contributed by atoms with Gasteiger partial charge in [-0.05, 0) is 30.9 Å². The standard InChI is InChI=1S/C16H17N3S2/c1-10-6-11(2)8-12(7-10)9-21-15-13-4-5-20-14(13)18-16(17-3)19-15/h4-8H,9H2,1-3H3,(H,17,18,19). The van der Waals surface area contributed by atoms with Crippen molar-refractivity contribution in [2.24, 2.45) is 0 Å². The summed E-state index contributed by atoms with van der Waals surface area (Å²) < 4.78 is 0. The molecule has 0 saturated heterocycles. The Morgan fingerprint density at radius 3 is 2.62 bits per heavy atom.